The summed E-state index contributed by atoms with van der Waals surface area (Å²) in [4.78, 5) is 29.5. The molecule has 0 spiro atoms. The van der Waals surface area contributed by atoms with Crippen LogP contribution in [0.3, 0.4) is 0 Å². The highest BCUT2D eigenvalue weighted by molar-refractivity contribution is 9.10. The smallest absolute Gasteiger partial charge is 0.261 e. The first-order valence-corrected chi connectivity index (χ1v) is 14.7. The summed E-state index contributed by atoms with van der Waals surface area (Å²) in [7, 11) is 0. The fraction of sp³-hybridized carbons (Fsp3) is 0.394. The predicted octanol–water partition coefficient (Wildman–Crippen LogP) is 6.84. The van der Waals surface area contributed by atoms with E-state index in [9.17, 15) is 9.59 Å². The van der Waals surface area contributed by atoms with E-state index in [1.807, 2.05) is 81.4 Å². The molecule has 3 aromatic carbocycles. The number of carbonyl (C=O) groups is 2. The Balaban J connectivity index is 1.62. The third-order valence-electron chi connectivity index (χ3n) is 7.43. The van der Waals surface area contributed by atoms with Gasteiger partial charge in [0, 0.05) is 23.5 Å². The van der Waals surface area contributed by atoms with Crippen LogP contribution in [0.4, 0.5) is 0 Å². The van der Waals surface area contributed by atoms with Gasteiger partial charge in [-0.1, -0.05) is 95.4 Å². The Hall–Kier alpha value is -3.12. The second-order valence-corrected chi connectivity index (χ2v) is 11.5. The van der Waals surface area contributed by atoms with E-state index >= 15 is 0 Å². The second kappa shape index (κ2) is 13.8. The van der Waals surface area contributed by atoms with Gasteiger partial charge in [-0.15, -0.1) is 0 Å². The van der Waals surface area contributed by atoms with Gasteiger partial charge in [-0.25, -0.2) is 0 Å². The number of hydrogen-bond donors (Lipinski definition) is 1. The first-order valence-electron chi connectivity index (χ1n) is 13.9. The molecule has 206 valence electrons. The van der Waals surface area contributed by atoms with E-state index in [0.717, 1.165) is 58.0 Å². The maximum atomic E-state index is 13.9. The molecule has 3 aromatic rings. The van der Waals surface area contributed by atoms with E-state index in [-0.39, 0.29) is 24.5 Å². The topological polar surface area (TPSA) is 58.6 Å². The number of halogens is 1. The van der Waals surface area contributed by atoms with Crippen LogP contribution in [0.2, 0.25) is 0 Å². The minimum atomic E-state index is -0.653. The molecule has 2 amide bonds. The summed E-state index contributed by atoms with van der Waals surface area (Å²) in [6.07, 6.45) is 5.87. The summed E-state index contributed by atoms with van der Waals surface area (Å²) in [6.45, 7) is 6.23. The minimum absolute atomic E-state index is 0.0953. The van der Waals surface area contributed by atoms with Gasteiger partial charge in [-0.2, -0.15) is 0 Å². The van der Waals surface area contributed by atoms with E-state index in [1.54, 1.807) is 4.90 Å². The van der Waals surface area contributed by atoms with Crippen molar-refractivity contribution in [3.05, 3.63) is 99.0 Å². The van der Waals surface area contributed by atoms with Crippen molar-refractivity contribution < 1.29 is 14.3 Å². The molecule has 0 saturated heterocycles. The summed E-state index contributed by atoms with van der Waals surface area (Å²) in [5.74, 6) is 0.333. The molecule has 0 aliphatic heterocycles. The Morgan fingerprint density at radius 3 is 2.26 bits per heavy atom. The Morgan fingerprint density at radius 2 is 1.59 bits per heavy atom. The summed E-state index contributed by atoms with van der Waals surface area (Å²) in [5, 5.41) is 3.29. The van der Waals surface area contributed by atoms with E-state index < -0.39 is 6.04 Å². The van der Waals surface area contributed by atoms with Gasteiger partial charge in [-0.3, -0.25) is 9.59 Å². The van der Waals surface area contributed by atoms with Crippen molar-refractivity contribution in [3.63, 3.8) is 0 Å². The zero-order valence-corrected chi connectivity index (χ0v) is 24.8. The lowest BCUT2D eigenvalue weighted by Crippen LogP contribution is -2.53. The molecular weight excluding hydrogens is 552 g/mol. The summed E-state index contributed by atoms with van der Waals surface area (Å²) >= 11 is 3.59. The van der Waals surface area contributed by atoms with Gasteiger partial charge in [0.15, 0.2) is 6.61 Å². The second-order valence-electron chi connectivity index (χ2n) is 10.7. The van der Waals surface area contributed by atoms with Crippen LogP contribution < -0.4 is 10.1 Å². The van der Waals surface area contributed by atoms with Gasteiger partial charge in [0.05, 0.1) is 0 Å². The van der Waals surface area contributed by atoms with E-state index in [0.29, 0.717) is 18.7 Å². The number of carbonyl (C=O) groups excluding carboxylic acids is 2. The molecule has 1 unspecified atom stereocenters. The number of nitrogens with zero attached hydrogens (tertiary/aromatic N) is 1. The van der Waals surface area contributed by atoms with Crippen LogP contribution in [0.15, 0.2) is 71.2 Å². The lowest BCUT2D eigenvalue weighted by molar-refractivity contribution is -0.143. The average Bonchev–Trinajstić information content (AvgIpc) is 2.93. The number of ether oxygens (including phenoxy) is 1. The van der Waals surface area contributed by atoms with E-state index in [2.05, 4.69) is 27.3 Å². The summed E-state index contributed by atoms with van der Waals surface area (Å²) in [5.41, 5.74) is 5.21. The van der Waals surface area contributed by atoms with Crippen molar-refractivity contribution in [2.45, 2.75) is 77.9 Å². The highest BCUT2D eigenvalue weighted by Gasteiger charge is 2.32. The van der Waals surface area contributed by atoms with Gasteiger partial charge in [-0.05, 0) is 68.0 Å². The average molecular weight is 592 g/mol. The van der Waals surface area contributed by atoms with Gasteiger partial charge < -0.3 is 15.0 Å². The van der Waals surface area contributed by atoms with E-state index in [4.69, 9.17) is 4.74 Å². The molecule has 1 saturated carbocycles. The molecule has 1 N–H and O–H groups in total. The first-order chi connectivity index (χ1) is 18.8. The quantitative estimate of drug-likeness (QED) is 0.281. The standard InChI is InChI=1S/C33H39BrN2O3/c1-23-11-10-14-27(17-23)21-36(31(37)22-39-29-18-24(2)32(34)25(3)19-29)30(20-26-12-6-4-7-13-26)33(38)35-28-15-8-5-9-16-28/h4,6-7,10-14,17-19,28,30H,5,8-9,15-16,20-22H2,1-3H3,(H,35,38). The SMILES string of the molecule is Cc1cccc(CN(C(=O)COc2cc(C)c(Br)c(C)c2)C(Cc2ccccc2)C(=O)NC2CCCCC2)c1. The lowest BCUT2D eigenvalue weighted by Gasteiger charge is -2.33. The predicted molar refractivity (Wildman–Crippen MR) is 160 cm³/mol. The van der Waals surface area contributed by atoms with Crippen LogP contribution in [0, 0.1) is 20.8 Å². The first kappa shape index (κ1) is 28.9. The third-order valence-corrected chi connectivity index (χ3v) is 8.68. The largest absolute Gasteiger partial charge is 0.484 e. The Bertz CT molecular complexity index is 1250. The molecular formula is C33H39BrN2O3. The summed E-state index contributed by atoms with van der Waals surface area (Å²) < 4.78 is 7.05. The third kappa shape index (κ3) is 8.18. The fourth-order valence-electron chi connectivity index (χ4n) is 5.32. The van der Waals surface area contributed by atoms with Crippen LogP contribution in [-0.2, 0) is 22.6 Å². The van der Waals surface area contributed by atoms with Crippen molar-refractivity contribution in [3.8, 4) is 5.75 Å². The molecule has 4 rings (SSSR count). The maximum Gasteiger partial charge on any atom is 0.261 e. The molecule has 1 aliphatic carbocycles. The number of hydrogen-bond acceptors (Lipinski definition) is 3. The monoisotopic (exact) mass is 590 g/mol. The minimum Gasteiger partial charge on any atom is -0.484 e. The molecule has 0 heterocycles. The van der Waals surface area contributed by atoms with Crippen LogP contribution in [0.25, 0.3) is 0 Å². The number of amides is 2. The molecule has 6 heteroatoms. The Labute approximate surface area is 241 Å². The van der Waals surface area contributed by atoms with Crippen molar-refractivity contribution in [1.82, 2.24) is 10.2 Å². The fourth-order valence-corrected chi connectivity index (χ4v) is 5.55. The zero-order chi connectivity index (χ0) is 27.8. The maximum absolute atomic E-state index is 13.9. The molecule has 5 nitrogen and oxygen atoms in total. The molecule has 0 aromatic heterocycles. The zero-order valence-electron chi connectivity index (χ0n) is 23.2. The Morgan fingerprint density at radius 1 is 0.923 bits per heavy atom. The lowest BCUT2D eigenvalue weighted by atomic mass is 9.94. The normalized spacial score (nSPS) is 14.5. The molecule has 39 heavy (non-hydrogen) atoms. The number of aryl methyl sites for hydroxylation is 3. The van der Waals surface area contributed by atoms with Gasteiger partial charge in [0.2, 0.25) is 5.91 Å². The highest BCUT2D eigenvalue weighted by Crippen LogP contribution is 2.27. The van der Waals surface area contributed by atoms with Gasteiger partial charge >= 0.3 is 0 Å². The van der Waals surface area contributed by atoms with Gasteiger partial charge in [0.1, 0.15) is 11.8 Å². The van der Waals surface area contributed by atoms with Crippen molar-refractivity contribution in [2.24, 2.45) is 0 Å². The number of benzene rings is 3. The molecule has 0 bridgehead atoms. The van der Waals surface area contributed by atoms with E-state index in [1.165, 1.54) is 6.42 Å². The van der Waals surface area contributed by atoms with Crippen molar-refractivity contribution in [1.29, 1.82) is 0 Å². The van der Waals surface area contributed by atoms with Crippen LogP contribution in [0.5, 0.6) is 5.75 Å². The van der Waals surface area contributed by atoms with Crippen LogP contribution in [-0.4, -0.2) is 35.4 Å². The molecule has 1 atom stereocenters. The van der Waals surface area contributed by atoms with Crippen molar-refractivity contribution >= 4 is 27.7 Å². The Kier molecular flexibility index (Phi) is 10.2. The number of nitrogens with one attached hydrogen (secondary N) is 1. The highest BCUT2D eigenvalue weighted by atomic mass is 79.9. The van der Waals surface area contributed by atoms with Crippen LogP contribution in [0.1, 0.15) is 59.9 Å². The molecule has 0 radical (unpaired) electrons. The molecule has 1 fully saturated rings. The summed E-state index contributed by atoms with van der Waals surface area (Å²) in [6, 6.07) is 21.4. The molecule has 1 aliphatic rings. The van der Waals surface area contributed by atoms with Crippen LogP contribution >= 0.6 is 15.9 Å². The van der Waals surface area contributed by atoms with Gasteiger partial charge in [0.25, 0.3) is 5.91 Å². The van der Waals surface area contributed by atoms with Crippen molar-refractivity contribution in [2.75, 3.05) is 6.61 Å². The number of rotatable bonds is 10.